The third-order valence-corrected chi connectivity index (χ3v) is 2.83. The Hall–Kier alpha value is -2.81. The SMILES string of the molecule is Cc1cc(-c2nc(N)nc(N)c2C#N)cc(C)c1O. The Balaban J connectivity index is 2.76. The van der Waals surface area contributed by atoms with E-state index in [1.54, 1.807) is 26.0 Å². The van der Waals surface area contributed by atoms with E-state index < -0.39 is 0 Å². The number of hydrogen-bond donors (Lipinski definition) is 3. The largest absolute Gasteiger partial charge is 0.507 e. The van der Waals surface area contributed by atoms with Crippen molar-refractivity contribution in [3.63, 3.8) is 0 Å². The maximum absolute atomic E-state index is 9.77. The van der Waals surface area contributed by atoms with Crippen LogP contribution in [0.4, 0.5) is 11.8 Å². The maximum Gasteiger partial charge on any atom is 0.222 e. The lowest BCUT2D eigenvalue weighted by atomic mass is 10.0. The fraction of sp³-hybridized carbons (Fsp3) is 0.154. The number of hydrogen-bond acceptors (Lipinski definition) is 6. The van der Waals surface area contributed by atoms with Gasteiger partial charge in [-0.3, -0.25) is 0 Å². The van der Waals surface area contributed by atoms with Crippen LogP contribution in [-0.2, 0) is 0 Å². The van der Waals surface area contributed by atoms with Gasteiger partial charge < -0.3 is 16.6 Å². The molecular weight excluding hydrogens is 242 g/mol. The highest BCUT2D eigenvalue weighted by molar-refractivity contribution is 5.74. The first kappa shape index (κ1) is 12.6. The van der Waals surface area contributed by atoms with Crippen LogP contribution in [0.1, 0.15) is 16.7 Å². The van der Waals surface area contributed by atoms with Crippen molar-refractivity contribution in [2.75, 3.05) is 11.5 Å². The summed E-state index contributed by atoms with van der Waals surface area (Å²) in [5, 5.41) is 18.9. The molecule has 0 aliphatic heterocycles. The maximum atomic E-state index is 9.77. The number of anilines is 2. The third-order valence-electron chi connectivity index (χ3n) is 2.83. The van der Waals surface area contributed by atoms with Crippen molar-refractivity contribution in [1.29, 1.82) is 5.26 Å². The fourth-order valence-corrected chi connectivity index (χ4v) is 1.91. The molecule has 2 rings (SSSR count). The van der Waals surface area contributed by atoms with E-state index in [1.165, 1.54) is 0 Å². The fourth-order valence-electron chi connectivity index (χ4n) is 1.91. The van der Waals surface area contributed by atoms with Gasteiger partial charge in [0.1, 0.15) is 23.2 Å². The van der Waals surface area contributed by atoms with Crippen LogP contribution in [0.2, 0.25) is 0 Å². The van der Waals surface area contributed by atoms with E-state index >= 15 is 0 Å². The summed E-state index contributed by atoms with van der Waals surface area (Å²) in [6.07, 6.45) is 0. The molecule has 0 aliphatic rings. The monoisotopic (exact) mass is 255 g/mol. The number of aryl methyl sites for hydroxylation is 2. The summed E-state index contributed by atoms with van der Waals surface area (Å²) in [6, 6.07) is 5.43. The van der Waals surface area contributed by atoms with Gasteiger partial charge in [0, 0.05) is 5.56 Å². The van der Waals surface area contributed by atoms with Gasteiger partial charge in [0.25, 0.3) is 0 Å². The quantitative estimate of drug-likeness (QED) is 0.709. The summed E-state index contributed by atoms with van der Waals surface area (Å²) in [5.74, 6) is 0.278. The number of aromatic hydroxyl groups is 1. The van der Waals surface area contributed by atoms with Crippen LogP contribution in [0.5, 0.6) is 5.75 Å². The van der Waals surface area contributed by atoms with Gasteiger partial charge in [-0.25, -0.2) is 4.98 Å². The number of nitrogens with zero attached hydrogens (tertiary/aromatic N) is 3. The lowest BCUT2D eigenvalue weighted by Crippen LogP contribution is -2.05. The van der Waals surface area contributed by atoms with Crippen molar-refractivity contribution in [1.82, 2.24) is 9.97 Å². The van der Waals surface area contributed by atoms with E-state index in [-0.39, 0.29) is 23.1 Å². The van der Waals surface area contributed by atoms with Crippen LogP contribution < -0.4 is 11.5 Å². The molecule has 0 atom stereocenters. The molecule has 1 aromatic heterocycles. The standard InChI is InChI=1S/C13H13N5O/c1-6-3-8(4-7(2)11(6)19)10-9(5-14)12(15)18-13(16)17-10/h3-4,19H,1-2H3,(H4,15,16,17,18). The van der Waals surface area contributed by atoms with Gasteiger partial charge in [0.2, 0.25) is 5.95 Å². The lowest BCUT2D eigenvalue weighted by molar-refractivity contribution is 0.467. The van der Waals surface area contributed by atoms with Crippen molar-refractivity contribution < 1.29 is 5.11 Å². The molecule has 6 nitrogen and oxygen atoms in total. The van der Waals surface area contributed by atoms with Crippen LogP contribution >= 0.6 is 0 Å². The summed E-state index contributed by atoms with van der Waals surface area (Å²) in [7, 11) is 0. The van der Waals surface area contributed by atoms with E-state index in [1.807, 2.05) is 6.07 Å². The molecule has 0 saturated carbocycles. The van der Waals surface area contributed by atoms with Crippen LogP contribution in [0.3, 0.4) is 0 Å². The molecule has 0 saturated heterocycles. The minimum absolute atomic E-state index is 0.00915. The van der Waals surface area contributed by atoms with Crippen LogP contribution in [0.15, 0.2) is 12.1 Å². The lowest BCUT2D eigenvalue weighted by Gasteiger charge is -2.10. The zero-order valence-corrected chi connectivity index (χ0v) is 10.6. The normalized spacial score (nSPS) is 10.2. The van der Waals surface area contributed by atoms with Gasteiger partial charge in [0.15, 0.2) is 0 Å². The van der Waals surface area contributed by atoms with Crippen LogP contribution in [0, 0.1) is 25.2 Å². The second-order valence-corrected chi connectivity index (χ2v) is 4.26. The summed E-state index contributed by atoms with van der Waals surface area (Å²) < 4.78 is 0. The Bertz CT molecular complexity index is 680. The van der Waals surface area contributed by atoms with Crippen LogP contribution in [0.25, 0.3) is 11.3 Å². The first-order valence-corrected chi connectivity index (χ1v) is 5.57. The number of aromatic nitrogens is 2. The second kappa shape index (κ2) is 4.46. The predicted octanol–water partition coefficient (Wildman–Crippen LogP) is 1.50. The van der Waals surface area contributed by atoms with Crippen molar-refractivity contribution >= 4 is 11.8 Å². The first-order chi connectivity index (χ1) is 8.93. The molecule has 96 valence electrons. The zero-order valence-electron chi connectivity index (χ0n) is 10.6. The summed E-state index contributed by atoms with van der Waals surface area (Å²) in [4.78, 5) is 7.84. The molecular formula is C13H13N5O. The molecule has 5 N–H and O–H groups in total. The number of phenolic OH excluding ortho intramolecular Hbond substituents is 1. The number of nitrogens with two attached hydrogens (primary N) is 2. The Morgan fingerprint density at radius 3 is 2.26 bits per heavy atom. The van der Waals surface area contributed by atoms with Crippen molar-refractivity contribution in [2.24, 2.45) is 0 Å². The molecule has 0 aliphatic carbocycles. The molecule has 6 heteroatoms. The number of phenols is 1. The number of rotatable bonds is 1. The summed E-state index contributed by atoms with van der Waals surface area (Å²) in [5.41, 5.74) is 13.8. The third kappa shape index (κ3) is 2.13. The Morgan fingerprint density at radius 1 is 1.16 bits per heavy atom. The average Bonchev–Trinajstić information content (AvgIpc) is 2.34. The smallest absolute Gasteiger partial charge is 0.222 e. The second-order valence-electron chi connectivity index (χ2n) is 4.26. The summed E-state index contributed by atoms with van der Waals surface area (Å²) in [6.45, 7) is 3.54. The molecule has 0 radical (unpaired) electrons. The van der Waals surface area contributed by atoms with E-state index in [9.17, 15) is 5.11 Å². The van der Waals surface area contributed by atoms with E-state index in [0.29, 0.717) is 22.4 Å². The van der Waals surface area contributed by atoms with Crippen molar-refractivity contribution in [2.45, 2.75) is 13.8 Å². The number of nitriles is 1. The summed E-state index contributed by atoms with van der Waals surface area (Å²) >= 11 is 0. The average molecular weight is 255 g/mol. The zero-order chi connectivity index (χ0) is 14.2. The first-order valence-electron chi connectivity index (χ1n) is 5.57. The molecule has 0 amide bonds. The predicted molar refractivity (Wildman–Crippen MR) is 72.1 cm³/mol. The molecule has 1 aromatic carbocycles. The Labute approximate surface area is 110 Å². The van der Waals surface area contributed by atoms with Gasteiger partial charge in [-0.05, 0) is 37.1 Å². The number of benzene rings is 1. The van der Waals surface area contributed by atoms with Crippen molar-refractivity contribution in [3.8, 4) is 23.1 Å². The molecule has 2 aromatic rings. The Kier molecular flexibility index (Phi) is 2.97. The van der Waals surface area contributed by atoms with Gasteiger partial charge in [-0.2, -0.15) is 10.2 Å². The highest BCUT2D eigenvalue weighted by atomic mass is 16.3. The van der Waals surface area contributed by atoms with Gasteiger partial charge in [-0.1, -0.05) is 0 Å². The molecule has 0 unspecified atom stereocenters. The number of nitrogen functional groups attached to an aromatic ring is 2. The van der Waals surface area contributed by atoms with Crippen LogP contribution in [-0.4, -0.2) is 15.1 Å². The minimum atomic E-state index is 0.00915. The topological polar surface area (TPSA) is 122 Å². The van der Waals surface area contributed by atoms with Gasteiger partial charge in [0.05, 0.1) is 5.69 Å². The minimum Gasteiger partial charge on any atom is -0.507 e. The van der Waals surface area contributed by atoms with Gasteiger partial charge in [-0.15, -0.1) is 0 Å². The highest BCUT2D eigenvalue weighted by Crippen LogP contribution is 2.31. The molecule has 0 fully saturated rings. The molecule has 0 spiro atoms. The van der Waals surface area contributed by atoms with E-state index in [4.69, 9.17) is 16.7 Å². The van der Waals surface area contributed by atoms with Crippen molar-refractivity contribution in [3.05, 3.63) is 28.8 Å². The highest BCUT2D eigenvalue weighted by Gasteiger charge is 2.15. The van der Waals surface area contributed by atoms with Gasteiger partial charge >= 0.3 is 0 Å². The Morgan fingerprint density at radius 2 is 1.74 bits per heavy atom. The molecule has 0 bridgehead atoms. The molecule has 1 heterocycles. The molecule has 19 heavy (non-hydrogen) atoms. The van der Waals surface area contributed by atoms with E-state index in [0.717, 1.165) is 0 Å². The van der Waals surface area contributed by atoms with E-state index in [2.05, 4.69) is 9.97 Å².